The minimum absolute atomic E-state index is 0.0767. The number of hydrogen-bond donors (Lipinski definition) is 0. The summed E-state index contributed by atoms with van der Waals surface area (Å²) >= 11 is 0. The highest BCUT2D eigenvalue weighted by Gasteiger charge is 2.31. The number of hydrogen-bond acceptors (Lipinski definition) is 5. The van der Waals surface area contributed by atoms with Crippen molar-refractivity contribution in [2.45, 2.75) is 39.9 Å². The van der Waals surface area contributed by atoms with Gasteiger partial charge in [-0.15, -0.1) is 0 Å². The molecule has 0 amide bonds. The summed E-state index contributed by atoms with van der Waals surface area (Å²) < 4.78 is 6.76. The molecule has 2 unspecified atom stereocenters. The Balaban J connectivity index is 1.96. The van der Waals surface area contributed by atoms with Gasteiger partial charge in [-0.3, -0.25) is 20.2 Å². The number of nitrogens with zero attached hydrogens (tertiary/aromatic N) is 2. The van der Waals surface area contributed by atoms with Crippen molar-refractivity contribution < 1.29 is 14.6 Å². The molecule has 37 heavy (non-hydrogen) atoms. The van der Waals surface area contributed by atoms with Gasteiger partial charge < -0.3 is 4.74 Å². The van der Waals surface area contributed by atoms with Crippen molar-refractivity contribution in [2.24, 2.45) is 0 Å². The average Bonchev–Trinajstić information content (AvgIpc) is 2.88. The molecular weight excluding hydrogens is 468 g/mol. The number of aryl methyl sites for hydroxylation is 4. The lowest BCUT2D eigenvalue weighted by Crippen LogP contribution is -2.16. The fraction of sp³-hybridized carbons (Fsp3) is 0.200. The average molecular weight is 497 g/mol. The Morgan fingerprint density at radius 1 is 0.568 bits per heavy atom. The van der Waals surface area contributed by atoms with Gasteiger partial charge in [-0.05, 0) is 73.2 Å². The van der Waals surface area contributed by atoms with E-state index in [0.29, 0.717) is 11.1 Å². The zero-order valence-electron chi connectivity index (χ0n) is 21.2. The minimum Gasteiger partial charge on any atom is -0.356 e. The van der Waals surface area contributed by atoms with E-state index >= 15 is 0 Å². The molecule has 0 N–H and O–H groups in total. The fourth-order valence-electron chi connectivity index (χ4n) is 4.41. The molecule has 0 aliphatic carbocycles. The van der Waals surface area contributed by atoms with Crippen LogP contribution in [0.2, 0.25) is 0 Å². The number of para-hydroxylation sites is 2. The van der Waals surface area contributed by atoms with Crippen molar-refractivity contribution in [3.8, 4) is 0 Å². The molecule has 0 aromatic heterocycles. The predicted molar refractivity (Wildman–Crippen MR) is 143 cm³/mol. The highest BCUT2D eigenvalue weighted by Crippen LogP contribution is 2.42. The lowest BCUT2D eigenvalue weighted by Gasteiger charge is -2.27. The van der Waals surface area contributed by atoms with E-state index in [1.54, 1.807) is 36.4 Å². The lowest BCUT2D eigenvalue weighted by atomic mass is 9.93. The van der Waals surface area contributed by atoms with Gasteiger partial charge in [0.2, 0.25) is 0 Å². The van der Waals surface area contributed by atoms with Crippen LogP contribution in [0.3, 0.4) is 0 Å². The molecule has 2 atom stereocenters. The molecular formula is C30H28N2O5. The first kappa shape index (κ1) is 25.7. The standard InChI is InChI=1S/C30H28N2O5/c1-19-13-15-23(17-21(19)3)29(25-9-5-7-11-27(25)31(33)34)37-30(24-16-14-20(2)22(4)18-24)26-10-6-8-12-28(26)32(35)36/h5-18,29-30H,1-4H3. The molecule has 4 rings (SSSR count). The molecule has 0 aliphatic rings. The van der Waals surface area contributed by atoms with Gasteiger partial charge in [-0.25, -0.2) is 0 Å². The number of rotatable bonds is 8. The molecule has 0 saturated carbocycles. The summed E-state index contributed by atoms with van der Waals surface area (Å²) in [5.41, 5.74) is 6.24. The summed E-state index contributed by atoms with van der Waals surface area (Å²) in [5, 5.41) is 24.0. The van der Waals surface area contributed by atoms with E-state index in [2.05, 4.69) is 0 Å². The molecule has 4 aromatic rings. The first-order valence-corrected chi connectivity index (χ1v) is 11.9. The SMILES string of the molecule is Cc1ccc(C(OC(c2ccc(C)c(C)c2)c2ccccc2[N+](=O)[O-])c2ccccc2[N+](=O)[O-])cc1C. The molecule has 0 saturated heterocycles. The van der Waals surface area contributed by atoms with Crippen LogP contribution in [0, 0.1) is 47.9 Å². The smallest absolute Gasteiger partial charge is 0.275 e. The first-order valence-electron chi connectivity index (χ1n) is 11.9. The van der Waals surface area contributed by atoms with Crippen LogP contribution >= 0.6 is 0 Å². The third-order valence-electron chi connectivity index (χ3n) is 6.77. The van der Waals surface area contributed by atoms with Gasteiger partial charge in [0.15, 0.2) is 0 Å². The van der Waals surface area contributed by atoms with Crippen molar-refractivity contribution in [3.05, 3.63) is 150 Å². The van der Waals surface area contributed by atoms with Crippen LogP contribution in [0.5, 0.6) is 0 Å². The van der Waals surface area contributed by atoms with Crippen molar-refractivity contribution >= 4 is 11.4 Å². The quantitative estimate of drug-likeness (QED) is 0.185. The van der Waals surface area contributed by atoms with E-state index < -0.39 is 22.1 Å². The Hall–Kier alpha value is -4.36. The molecule has 0 aliphatic heterocycles. The molecule has 0 fully saturated rings. The first-order chi connectivity index (χ1) is 17.7. The van der Waals surface area contributed by atoms with Crippen molar-refractivity contribution in [3.63, 3.8) is 0 Å². The summed E-state index contributed by atoms with van der Waals surface area (Å²) in [6.45, 7) is 7.92. The highest BCUT2D eigenvalue weighted by atomic mass is 16.6. The summed E-state index contributed by atoms with van der Waals surface area (Å²) in [6, 6.07) is 24.5. The van der Waals surface area contributed by atoms with Gasteiger partial charge in [0.25, 0.3) is 11.4 Å². The highest BCUT2D eigenvalue weighted by molar-refractivity contribution is 5.49. The molecule has 4 aromatic carbocycles. The van der Waals surface area contributed by atoms with Crippen molar-refractivity contribution in [1.29, 1.82) is 0 Å². The Labute approximate surface area is 215 Å². The molecule has 7 nitrogen and oxygen atoms in total. The summed E-state index contributed by atoms with van der Waals surface area (Å²) in [4.78, 5) is 23.1. The van der Waals surface area contributed by atoms with Crippen LogP contribution in [0.25, 0.3) is 0 Å². The number of ether oxygens (including phenoxy) is 1. The van der Waals surface area contributed by atoms with Gasteiger partial charge in [0, 0.05) is 12.1 Å². The van der Waals surface area contributed by atoms with Gasteiger partial charge in [-0.1, -0.05) is 60.7 Å². The maximum atomic E-state index is 12.0. The third kappa shape index (κ3) is 5.42. The monoisotopic (exact) mass is 496 g/mol. The maximum absolute atomic E-state index is 12.0. The van der Waals surface area contributed by atoms with E-state index in [9.17, 15) is 20.2 Å². The third-order valence-corrected chi connectivity index (χ3v) is 6.77. The van der Waals surface area contributed by atoms with Crippen LogP contribution in [-0.4, -0.2) is 9.85 Å². The van der Waals surface area contributed by atoms with Crippen LogP contribution in [-0.2, 0) is 4.74 Å². The van der Waals surface area contributed by atoms with Gasteiger partial charge in [-0.2, -0.15) is 0 Å². The van der Waals surface area contributed by atoms with E-state index in [1.807, 2.05) is 64.1 Å². The second-order valence-corrected chi connectivity index (χ2v) is 9.22. The number of nitro groups is 2. The Kier molecular flexibility index (Phi) is 7.45. The van der Waals surface area contributed by atoms with E-state index in [4.69, 9.17) is 4.74 Å². The minimum atomic E-state index is -0.854. The second-order valence-electron chi connectivity index (χ2n) is 9.22. The van der Waals surface area contributed by atoms with Crippen molar-refractivity contribution in [2.75, 3.05) is 0 Å². The Morgan fingerprint density at radius 2 is 0.946 bits per heavy atom. The predicted octanol–water partition coefficient (Wildman–Crippen LogP) is 7.63. The summed E-state index contributed by atoms with van der Waals surface area (Å²) in [7, 11) is 0. The normalized spacial score (nSPS) is 12.6. The molecule has 0 spiro atoms. The van der Waals surface area contributed by atoms with E-state index in [0.717, 1.165) is 33.4 Å². The van der Waals surface area contributed by atoms with E-state index in [-0.39, 0.29) is 11.4 Å². The number of benzene rings is 4. The molecule has 0 bridgehead atoms. The largest absolute Gasteiger partial charge is 0.356 e. The lowest BCUT2D eigenvalue weighted by molar-refractivity contribution is -0.386. The van der Waals surface area contributed by atoms with Crippen LogP contribution < -0.4 is 0 Å². The molecule has 0 heterocycles. The van der Waals surface area contributed by atoms with Crippen LogP contribution in [0.1, 0.15) is 56.7 Å². The van der Waals surface area contributed by atoms with Gasteiger partial charge >= 0.3 is 0 Å². The topological polar surface area (TPSA) is 95.5 Å². The number of nitro benzene ring substituents is 2. The van der Waals surface area contributed by atoms with Crippen LogP contribution in [0.4, 0.5) is 11.4 Å². The summed E-state index contributed by atoms with van der Waals surface area (Å²) in [5.74, 6) is 0. The van der Waals surface area contributed by atoms with Gasteiger partial charge in [0.05, 0.1) is 21.0 Å². The maximum Gasteiger partial charge on any atom is 0.275 e. The molecule has 188 valence electrons. The zero-order valence-corrected chi connectivity index (χ0v) is 21.2. The molecule has 7 heteroatoms. The summed E-state index contributed by atoms with van der Waals surface area (Å²) in [6.07, 6.45) is -1.71. The Bertz CT molecular complexity index is 1370. The zero-order chi connectivity index (χ0) is 26.7. The van der Waals surface area contributed by atoms with E-state index in [1.165, 1.54) is 12.1 Å². The second kappa shape index (κ2) is 10.7. The Morgan fingerprint density at radius 3 is 1.30 bits per heavy atom. The van der Waals surface area contributed by atoms with Gasteiger partial charge in [0.1, 0.15) is 12.2 Å². The van der Waals surface area contributed by atoms with Crippen molar-refractivity contribution in [1.82, 2.24) is 0 Å². The molecule has 0 radical (unpaired) electrons. The fourth-order valence-corrected chi connectivity index (χ4v) is 4.41. The van der Waals surface area contributed by atoms with Crippen LogP contribution in [0.15, 0.2) is 84.9 Å².